The highest BCUT2D eigenvalue weighted by Gasteiger charge is 2.38. The molecule has 1 aromatic carbocycles. The van der Waals surface area contributed by atoms with Crippen LogP contribution in [0.25, 0.3) is 0 Å². The van der Waals surface area contributed by atoms with Crippen molar-refractivity contribution in [2.75, 3.05) is 30.9 Å². The molecule has 0 saturated carbocycles. The molecule has 1 heterocycles. The maximum Gasteiger partial charge on any atom is 0.326 e. The molecule has 1 aromatic rings. The second-order valence-electron chi connectivity index (χ2n) is 8.65. The monoisotopic (exact) mass is 509 g/mol. The summed E-state index contributed by atoms with van der Waals surface area (Å²) in [5.74, 6) is 0.692. The lowest BCUT2D eigenvalue weighted by Crippen LogP contribution is -2.49. The highest BCUT2D eigenvalue weighted by atomic mass is 32.2. The number of amides is 1. The lowest BCUT2D eigenvalue weighted by molar-refractivity contribution is -0.142. The van der Waals surface area contributed by atoms with Gasteiger partial charge in [-0.15, -0.1) is 0 Å². The van der Waals surface area contributed by atoms with E-state index in [2.05, 4.69) is 37.0 Å². The van der Waals surface area contributed by atoms with Crippen LogP contribution in [0, 0.1) is 0 Å². The van der Waals surface area contributed by atoms with Crippen LogP contribution < -0.4 is 15.8 Å². The zero-order chi connectivity index (χ0) is 24.9. The number of aliphatic carboxylic acids is 1. The molecule has 4 atom stereocenters. The van der Waals surface area contributed by atoms with Gasteiger partial charge < -0.3 is 20.9 Å². The van der Waals surface area contributed by atoms with Gasteiger partial charge in [0.15, 0.2) is 0 Å². The van der Waals surface area contributed by atoms with Crippen molar-refractivity contribution in [2.24, 2.45) is 5.73 Å². The normalized spacial score (nSPS) is 20.4. The Labute approximate surface area is 213 Å². The fourth-order valence-corrected chi connectivity index (χ4v) is 4.52. The molecule has 4 N–H and O–H groups in total. The topological polar surface area (TPSA) is 105 Å². The number of aryl methyl sites for hydroxylation is 1. The zero-order valence-corrected chi connectivity index (χ0v) is 21.9. The van der Waals surface area contributed by atoms with Crippen LogP contribution >= 0.6 is 24.4 Å². The molecule has 190 valence electrons. The van der Waals surface area contributed by atoms with E-state index in [0.717, 1.165) is 25.0 Å². The maximum atomic E-state index is 13.1. The average Bonchev–Trinajstić information content (AvgIpc) is 3.23. The van der Waals surface area contributed by atoms with E-state index in [1.54, 1.807) is 11.8 Å². The molecule has 1 fully saturated rings. The predicted octanol–water partition coefficient (Wildman–Crippen LogP) is 2.99. The Hall–Kier alpha value is -1.68. The van der Waals surface area contributed by atoms with E-state index in [9.17, 15) is 14.7 Å². The van der Waals surface area contributed by atoms with Gasteiger partial charge in [0.2, 0.25) is 5.91 Å². The number of carboxylic acid groups (broad SMARTS) is 1. The summed E-state index contributed by atoms with van der Waals surface area (Å²) in [5.41, 5.74) is 7.20. The Balaban J connectivity index is 2.07. The third-order valence-electron chi connectivity index (χ3n) is 5.87. The van der Waals surface area contributed by atoms with Gasteiger partial charge in [-0.25, -0.2) is 4.79 Å². The number of thiol groups is 1. The number of nitrogens with two attached hydrogens (primary N) is 1. The number of hydrogen-bond donors (Lipinski definition) is 4. The zero-order valence-electron chi connectivity index (χ0n) is 20.2. The highest BCUT2D eigenvalue weighted by molar-refractivity contribution is 7.98. The van der Waals surface area contributed by atoms with Crippen LogP contribution in [0.4, 0.5) is 0 Å². The molecule has 0 bridgehead atoms. The van der Waals surface area contributed by atoms with Crippen molar-refractivity contribution in [3.8, 4) is 5.75 Å². The van der Waals surface area contributed by atoms with E-state index in [1.165, 1.54) is 5.56 Å². The van der Waals surface area contributed by atoms with Gasteiger partial charge in [0, 0.05) is 31.3 Å². The Kier molecular flexibility index (Phi) is 12.9. The molecule has 1 aliphatic rings. The number of ether oxygens (including phenoxy) is 1. The van der Waals surface area contributed by atoms with Crippen LogP contribution in [0.1, 0.15) is 38.2 Å². The van der Waals surface area contributed by atoms with Gasteiger partial charge in [0.05, 0.1) is 6.04 Å². The van der Waals surface area contributed by atoms with Crippen LogP contribution in [0.3, 0.4) is 0 Å². The number of benzene rings is 1. The molecule has 2 rings (SSSR count). The number of nitrogens with zero attached hydrogens (tertiary/aromatic N) is 1. The van der Waals surface area contributed by atoms with E-state index < -0.39 is 18.1 Å². The lowest BCUT2D eigenvalue weighted by atomic mass is 10.1. The van der Waals surface area contributed by atoms with Gasteiger partial charge in [-0.2, -0.15) is 24.4 Å². The number of carbonyl (C=O) groups excluding carboxylic acids is 1. The standard InChI is InChI=1S/C25H39N3O4S2/c1-3-4-6-18-8-10-20(11-9-18)32-21-15-23(28(16-21)13-5-7-19(26)17-33)24(29)27-22(25(30)31)12-14-34-2/h5,7-11,19,21-23,33H,3-4,6,12-17,26H2,1-2H3,(H,27,29)(H,30,31)/b7-5+/t19-,21+,22+,23+/m1/s1. The maximum absolute atomic E-state index is 13.1. The molecular formula is C25H39N3O4S2. The molecule has 7 nitrogen and oxygen atoms in total. The van der Waals surface area contributed by atoms with Crippen LogP contribution in [0.2, 0.25) is 0 Å². The van der Waals surface area contributed by atoms with E-state index in [0.29, 0.717) is 37.4 Å². The van der Waals surface area contributed by atoms with Gasteiger partial charge >= 0.3 is 5.97 Å². The average molecular weight is 510 g/mol. The first-order valence-electron chi connectivity index (χ1n) is 11.9. The first-order chi connectivity index (χ1) is 16.4. The fraction of sp³-hybridized carbons (Fsp3) is 0.600. The van der Waals surface area contributed by atoms with E-state index in [4.69, 9.17) is 10.5 Å². The Morgan fingerprint density at radius 1 is 1.38 bits per heavy atom. The van der Waals surface area contributed by atoms with Crippen molar-refractivity contribution >= 4 is 36.3 Å². The van der Waals surface area contributed by atoms with Crippen molar-refractivity contribution in [3.05, 3.63) is 42.0 Å². The van der Waals surface area contributed by atoms with Gasteiger partial charge in [-0.1, -0.05) is 37.6 Å². The summed E-state index contributed by atoms with van der Waals surface area (Å²) in [6, 6.07) is 6.63. The lowest BCUT2D eigenvalue weighted by Gasteiger charge is -2.24. The van der Waals surface area contributed by atoms with Crippen molar-refractivity contribution in [3.63, 3.8) is 0 Å². The quantitative estimate of drug-likeness (QED) is 0.213. The summed E-state index contributed by atoms with van der Waals surface area (Å²) < 4.78 is 6.21. The van der Waals surface area contributed by atoms with Crippen molar-refractivity contribution in [1.82, 2.24) is 10.2 Å². The number of unbranched alkanes of at least 4 members (excludes halogenated alkanes) is 1. The second-order valence-corrected chi connectivity index (χ2v) is 10.00. The largest absolute Gasteiger partial charge is 0.489 e. The molecule has 1 amide bonds. The second kappa shape index (κ2) is 15.3. The van der Waals surface area contributed by atoms with Gasteiger partial charge in [0.25, 0.3) is 0 Å². The summed E-state index contributed by atoms with van der Waals surface area (Å²) in [6.45, 7) is 3.27. The van der Waals surface area contributed by atoms with Crippen LogP contribution in [0.15, 0.2) is 36.4 Å². The Morgan fingerprint density at radius 3 is 2.74 bits per heavy atom. The number of hydrogen-bond acceptors (Lipinski definition) is 7. The smallest absolute Gasteiger partial charge is 0.326 e. The summed E-state index contributed by atoms with van der Waals surface area (Å²) in [4.78, 5) is 26.7. The number of carbonyl (C=O) groups is 2. The minimum Gasteiger partial charge on any atom is -0.489 e. The number of nitrogens with one attached hydrogen (secondary N) is 1. The SMILES string of the molecule is CCCCc1ccc(O[C@H]2C[C@@H](C(=O)N[C@@H](CCSC)C(=O)O)N(C/C=C/[C@@H](N)CS)C2)cc1. The Bertz CT molecular complexity index is 791. The molecule has 0 radical (unpaired) electrons. The van der Waals surface area contributed by atoms with E-state index in [1.807, 2.05) is 35.4 Å². The summed E-state index contributed by atoms with van der Waals surface area (Å²) in [6.07, 6.45) is 9.82. The van der Waals surface area contributed by atoms with Gasteiger partial charge in [0.1, 0.15) is 17.9 Å². The molecule has 1 saturated heterocycles. The summed E-state index contributed by atoms with van der Waals surface area (Å²) >= 11 is 5.76. The van der Waals surface area contributed by atoms with Crippen molar-refractivity contribution < 1.29 is 19.4 Å². The van der Waals surface area contributed by atoms with Gasteiger partial charge in [-0.3, -0.25) is 9.69 Å². The van der Waals surface area contributed by atoms with Crippen LogP contribution in [-0.4, -0.2) is 77.0 Å². The highest BCUT2D eigenvalue weighted by Crippen LogP contribution is 2.24. The number of thioether (sulfide) groups is 1. The fourth-order valence-electron chi connectivity index (χ4n) is 3.92. The number of rotatable bonds is 15. The first kappa shape index (κ1) is 28.6. The molecule has 0 unspecified atom stereocenters. The third-order valence-corrected chi connectivity index (χ3v) is 6.94. The molecule has 34 heavy (non-hydrogen) atoms. The minimum atomic E-state index is -1.01. The molecular weight excluding hydrogens is 470 g/mol. The molecule has 0 aliphatic carbocycles. The molecule has 0 spiro atoms. The number of carboxylic acids is 1. The van der Waals surface area contributed by atoms with E-state index in [-0.39, 0.29) is 18.1 Å². The summed E-state index contributed by atoms with van der Waals surface area (Å²) in [5, 5.41) is 12.3. The number of likely N-dealkylation sites (tertiary alicyclic amines) is 1. The molecule has 1 aliphatic heterocycles. The van der Waals surface area contributed by atoms with Crippen LogP contribution in [-0.2, 0) is 16.0 Å². The predicted molar refractivity (Wildman–Crippen MR) is 143 cm³/mol. The molecule has 0 aromatic heterocycles. The molecule has 9 heteroatoms. The van der Waals surface area contributed by atoms with Crippen molar-refractivity contribution in [1.29, 1.82) is 0 Å². The van der Waals surface area contributed by atoms with E-state index >= 15 is 0 Å². The Morgan fingerprint density at radius 2 is 2.12 bits per heavy atom. The third kappa shape index (κ3) is 9.52. The summed E-state index contributed by atoms with van der Waals surface area (Å²) in [7, 11) is 0. The van der Waals surface area contributed by atoms with Crippen molar-refractivity contribution in [2.45, 2.75) is 63.3 Å². The first-order valence-corrected chi connectivity index (χ1v) is 13.9. The van der Waals surface area contributed by atoms with Gasteiger partial charge in [-0.05, 0) is 49.0 Å². The minimum absolute atomic E-state index is 0.153. The van der Waals surface area contributed by atoms with Crippen LogP contribution in [0.5, 0.6) is 5.75 Å².